The lowest BCUT2D eigenvalue weighted by Gasteiger charge is -2.13. The molecule has 3 aromatic carbocycles. The van der Waals surface area contributed by atoms with Crippen molar-refractivity contribution in [3.8, 4) is 28.3 Å². The largest absolute Gasteiger partial charge is 0.484 e. The Kier molecular flexibility index (Phi) is 8.25. The van der Waals surface area contributed by atoms with Gasteiger partial charge >= 0.3 is 0 Å². The van der Waals surface area contributed by atoms with Crippen LogP contribution >= 0.6 is 11.8 Å². The van der Waals surface area contributed by atoms with E-state index in [0.29, 0.717) is 22.3 Å². The molecule has 0 saturated carbocycles. The number of carbonyl (C=O) groups is 2. The Bertz CT molecular complexity index is 1320. The van der Waals surface area contributed by atoms with Crippen LogP contribution in [0.25, 0.3) is 22.5 Å². The molecule has 182 valence electrons. The third-order valence-corrected chi connectivity index (χ3v) is 6.08. The molecule has 0 aliphatic rings. The summed E-state index contributed by atoms with van der Waals surface area (Å²) in [5.74, 6) is -0.304. The summed E-state index contributed by atoms with van der Waals surface area (Å²) in [5.41, 5.74) is 9.00. The molecule has 0 fully saturated rings. The van der Waals surface area contributed by atoms with Crippen molar-refractivity contribution in [2.45, 2.75) is 24.3 Å². The minimum Gasteiger partial charge on any atom is -0.484 e. The maximum Gasteiger partial charge on any atom is 0.276 e. The molecule has 0 saturated heterocycles. The fraction of sp³-hybridized carbons (Fsp3) is 0.148. The first kappa shape index (κ1) is 24.9. The highest BCUT2D eigenvalue weighted by atomic mass is 32.2. The first-order valence-electron chi connectivity index (χ1n) is 11.3. The Labute approximate surface area is 213 Å². The van der Waals surface area contributed by atoms with Gasteiger partial charge in [-0.05, 0) is 26.0 Å². The van der Waals surface area contributed by atoms with Crippen molar-refractivity contribution in [1.29, 1.82) is 0 Å². The van der Waals surface area contributed by atoms with E-state index >= 15 is 0 Å². The Morgan fingerprint density at radius 1 is 0.833 bits per heavy atom. The van der Waals surface area contributed by atoms with Gasteiger partial charge in [-0.25, -0.2) is 4.98 Å². The molecule has 1 aromatic heterocycles. The van der Waals surface area contributed by atoms with E-state index in [-0.39, 0.29) is 6.61 Å². The topological polar surface area (TPSA) is 106 Å². The minimum atomic E-state index is -0.587. The van der Waals surface area contributed by atoms with Crippen molar-refractivity contribution in [3.05, 3.63) is 90.5 Å². The van der Waals surface area contributed by atoms with Gasteiger partial charge in [0.15, 0.2) is 6.61 Å². The number of aryl methyl sites for hydroxylation is 1. The molecule has 8 nitrogen and oxygen atoms in total. The maximum atomic E-state index is 12.5. The summed E-state index contributed by atoms with van der Waals surface area (Å²) < 4.78 is 5.42. The van der Waals surface area contributed by atoms with Crippen LogP contribution in [0.15, 0.2) is 90.1 Å². The molecule has 0 unspecified atom stereocenters. The van der Waals surface area contributed by atoms with E-state index in [2.05, 4.69) is 21.0 Å². The Hall–Kier alpha value is -4.24. The van der Waals surface area contributed by atoms with Crippen molar-refractivity contribution >= 4 is 23.6 Å². The van der Waals surface area contributed by atoms with E-state index in [0.717, 1.165) is 28.5 Å². The average molecular weight is 500 g/mol. The van der Waals surface area contributed by atoms with E-state index in [4.69, 9.17) is 9.72 Å². The summed E-state index contributed by atoms with van der Waals surface area (Å²) in [6.07, 6.45) is 0. The molecule has 0 radical (unpaired) electrons. The summed E-state index contributed by atoms with van der Waals surface area (Å²) in [6, 6.07) is 26.7. The molecule has 9 heteroatoms. The number of hydrogen-bond donors (Lipinski definition) is 2. The molecule has 36 heavy (non-hydrogen) atoms. The Morgan fingerprint density at radius 3 is 2.08 bits per heavy atom. The van der Waals surface area contributed by atoms with Crippen molar-refractivity contribution < 1.29 is 14.3 Å². The van der Waals surface area contributed by atoms with Crippen molar-refractivity contribution in [2.24, 2.45) is 0 Å². The van der Waals surface area contributed by atoms with Crippen LogP contribution in [0.5, 0.6) is 5.75 Å². The Balaban J connectivity index is 1.38. The number of hydrazine groups is 1. The number of carbonyl (C=O) groups excluding carboxylic acids is 2. The zero-order valence-corrected chi connectivity index (χ0v) is 20.7. The van der Waals surface area contributed by atoms with E-state index in [1.165, 1.54) is 0 Å². The first-order chi connectivity index (χ1) is 17.5. The number of benzene rings is 3. The molecular formula is C27H25N5O3S. The van der Waals surface area contributed by atoms with Crippen LogP contribution in [0.1, 0.15) is 12.5 Å². The first-order valence-corrected chi connectivity index (χ1v) is 12.2. The summed E-state index contributed by atoms with van der Waals surface area (Å²) in [4.78, 5) is 29.3. The van der Waals surface area contributed by atoms with Gasteiger partial charge < -0.3 is 4.74 Å². The second-order valence-corrected chi connectivity index (χ2v) is 9.23. The SMILES string of the molecule is Cc1ccc(OCC(=O)NNC(=O)[C@H](C)Sc2nnc(-c3ccccc3)c(-c3ccccc3)n2)cc1. The van der Waals surface area contributed by atoms with Gasteiger partial charge in [0.25, 0.3) is 11.8 Å². The highest BCUT2D eigenvalue weighted by molar-refractivity contribution is 8.00. The van der Waals surface area contributed by atoms with Gasteiger partial charge in [0.1, 0.15) is 17.1 Å². The normalized spacial score (nSPS) is 11.4. The van der Waals surface area contributed by atoms with E-state index in [9.17, 15) is 9.59 Å². The zero-order valence-electron chi connectivity index (χ0n) is 19.8. The summed E-state index contributed by atoms with van der Waals surface area (Å²) in [6.45, 7) is 3.44. The average Bonchev–Trinajstić information content (AvgIpc) is 2.92. The number of hydrogen-bond acceptors (Lipinski definition) is 7. The second-order valence-electron chi connectivity index (χ2n) is 7.92. The molecule has 4 rings (SSSR count). The monoisotopic (exact) mass is 499 g/mol. The third kappa shape index (κ3) is 6.67. The van der Waals surface area contributed by atoms with Gasteiger partial charge in [-0.2, -0.15) is 0 Å². The van der Waals surface area contributed by atoms with Crippen LogP contribution in [0, 0.1) is 6.92 Å². The standard InChI is InChI=1S/C27H25N5O3S/c1-18-13-15-22(16-14-18)35-17-23(33)29-31-26(34)19(2)36-27-28-24(20-9-5-3-6-10-20)25(30-32-27)21-11-7-4-8-12-21/h3-16,19H,17H2,1-2H3,(H,29,33)(H,31,34)/t19-/m0/s1. The predicted octanol–water partition coefficient (Wildman–Crippen LogP) is 4.22. The van der Waals surface area contributed by atoms with Crippen molar-refractivity contribution in [3.63, 3.8) is 0 Å². The van der Waals surface area contributed by atoms with Gasteiger partial charge in [-0.1, -0.05) is 90.1 Å². The molecule has 2 amide bonds. The number of ether oxygens (including phenoxy) is 1. The lowest BCUT2D eigenvalue weighted by molar-refractivity contribution is -0.129. The van der Waals surface area contributed by atoms with Crippen molar-refractivity contribution in [2.75, 3.05) is 6.61 Å². The van der Waals surface area contributed by atoms with E-state index in [1.807, 2.05) is 79.7 Å². The molecule has 0 aliphatic carbocycles. The van der Waals surface area contributed by atoms with Crippen molar-refractivity contribution in [1.82, 2.24) is 26.0 Å². The van der Waals surface area contributed by atoms with Gasteiger partial charge in [-0.3, -0.25) is 20.4 Å². The number of rotatable bonds is 8. The number of nitrogens with zero attached hydrogens (tertiary/aromatic N) is 3. The van der Waals surface area contributed by atoms with Crippen LogP contribution in [0.3, 0.4) is 0 Å². The lowest BCUT2D eigenvalue weighted by Crippen LogP contribution is -2.46. The van der Waals surface area contributed by atoms with E-state index < -0.39 is 17.1 Å². The van der Waals surface area contributed by atoms with Crippen LogP contribution in [-0.4, -0.2) is 38.9 Å². The molecule has 4 aromatic rings. The number of amides is 2. The highest BCUT2D eigenvalue weighted by Crippen LogP contribution is 2.30. The Morgan fingerprint density at radius 2 is 1.44 bits per heavy atom. The van der Waals surface area contributed by atoms with Crippen LogP contribution in [0.2, 0.25) is 0 Å². The summed E-state index contributed by atoms with van der Waals surface area (Å²) in [7, 11) is 0. The minimum absolute atomic E-state index is 0.223. The molecule has 0 bridgehead atoms. The van der Waals surface area contributed by atoms with E-state index in [1.54, 1.807) is 19.1 Å². The zero-order chi connectivity index (χ0) is 25.3. The fourth-order valence-electron chi connectivity index (χ4n) is 3.21. The number of thioether (sulfide) groups is 1. The third-order valence-electron chi connectivity index (χ3n) is 5.13. The van der Waals surface area contributed by atoms with Gasteiger partial charge in [0, 0.05) is 11.1 Å². The predicted molar refractivity (Wildman–Crippen MR) is 139 cm³/mol. The molecule has 0 spiro atoms. The summed E-state index contributed by atoms with van der Waals surface area (Å²) >= 11 is 1.15. The van der Waals surface area contributed by atoms with Gasteiger partial charge in [-0.15, -0.1) is 10.2 Å². The molecule has 0 aliphatic heterocycles. The molecule has 1 heterocycles. The summed E-state index contributed by atoms with van der Waals surface area (Å²) in [5, 5.41) is 8.43. The van der Waals surface area contributed by atoms with Crippen LogP contribution in [0.4, 0.5) is 0 Å². The smallest absolute Gasteiger partial charge is 0.276 e. The maximum absolute atomic E-state index is 12.5. The van der Waals surface area contributed by atoms with Gasteiger partial charge in [0.05, 0.1) is 5.25 Å². The van der Waals surface area contributed by atoms with Crippen LogP contribution in [-0.2, 0) is 9.59 Å². The lowest BCUT2D eigenvalue weighted by atomic mass is 10.0. The van der Waals surface area contributed by atoms with Gasteiger partial charge in [0.2, 0.25) is 5.16 Å². The molecular weight excluding hydrogens is 474 g/mol. The van der Waals surface area contributed by atoms with Crippen LogP contribution < -0.4 is 15.6 Å². The number of aromatic nitrogens is 3. The quantitative estimate of drug-likeness (QED) is 0.276. The highest BCUT2D eigenvalue weighted by Gasteiger charge is 2.19. The molecule has 1 atom stereocenters. The molecule has 2 N–H and O–H groups in total. The second kappa shape index (κ2) is 11.9. The number of nitrogens with one attached hydrogen (secondary N) is 2. The fourth-order valence-corrected chi connectivity index (χ4v) is 3.93.